The number of fused-ring (bicyclic) bond motifs is 2. The van der Waals surface area contributed by atoms with Gasteiger partial charge in [-0.3, -0.25) is 9.79 Å². The third-order valence-corrected chi connectivity index (χ3v) is 3.97. The number of hydrogen-bond acceptors (Lipinski definition) is 4. The van der Waals surface area contributed by atoms with E-state index in [0.717, 1.165) is 11.3 Å². The lowest BCUT2D eigenvalue weighted by atomic mass is 10.1. The Morgan fingerprint density at radius 1 is 1.52 bits per heavy atom. The fourth-order valence-electron chi connectivity index (χ4n) is 2.82. The summed E-state index contributed by atoms with van der Waals surface area (Å²) in [5.41, 5.74) is 2.83. The summed E-state index contributed by atoms with van der Waals surface area (Å²) in [4.78, 5) is 18.9. The summed E-state index contributed by atoms with van der Waals surface area (Å²) < 4.78 is 5.08. The highest BCUT2D eigenvalue weighted by molar-refractivity contribution is 6.04. The zero-order valence-electron chi connectivity index (χ0n) is 12.0. The maximum absolute atomic E-state index is 12.8. The number of rotatable bonds is 2. The summed E-state index contributed by atoms with van der Waals surface area (Å²) in [5, 5.41) is 9.83. The van der Waals surface area contributed by atoms with Gasteiger partial charge in [0.1, 0.15) is 0 Å². The van der Waals surface area contributed by atoms with Gasteiger partial charge in [-0.25, -0.2) is 0 Å². The lowest BCUT2D eigenvalue weighted by Gasteiger charge is -2.22. The van der Waals surface area contributed by atoms with Crippen LogP contribution < -0.4 is 4.74 Å². The molecule has 0 saturated heterocycles. The molecule has 0 fully saturated rings. The van der Waals surface area contributed by atoms with Crippen LogP contribution in [-0.2, 0) is 0 Å². The molecule has 1 unspecified atom stereocenters. The Morgan fingerprint density at radius 3 is 2.95 bits per heavy atom. The number of carbonyl (C=O) groups is 1. The predicted octanol–water partition coefficient (Wildman–Crippen LogP) is 2.79. The monoisotopic (exact) mass is 284 g/mol. The first kappa shape index (κ1) is 13.4. The minimum atomic E-state index is -0.139. The fourth-order valence-corrected chi connectivity index (χ4v) is 2.82. The van der Waals surface area contributed by atoms with Crippen LogP contribution in [-0.4, -0.2) is 35.3 Å². The van der Waals surface area contributed by atoms with Gasteiger partial charge in [-0.2, -0.15) is 0 Å². The van der Waals surface area contributed by atoms with Crippen LogP contribution in [0.25, 0.3) is 0 Å². The Kier molecular flexibility index (Phi) is 3.05. The smallest absolute Gasteiger partial charge is 0.260 e. The van der Waals surface area contributed by atoms with E-state index < -0.39 is 0 Å². The van der Waals surface area contributed by atoms with Crippen LogP contribution in [0.4, 0.5) is 5.69 Å². The second kappa shape index (κ2) is 4.77. The minimum Gasteiger partial charge on any atom is -0.504 e. The first-order valence-electron chi connectivity index (χ1n) is 6.67. The normalized spacial score (nSPS) is 20.2. The summed E-state index contributed by atoms with van der Waals surface area (Å²) in [7, 11) is 1.45. The Labute approximate surface area is 122 Å². The van der Waals surface area contributed by atoms with Crippen molar-refractivity contribution in [2.45, 2.75) is 19.4 Å². The van der Waals surface area contributed by atoms with Crippen molar-refractivity contribution in [1.82, 2.24) is 4.90 Å². The number of aliphatic imine (C=N–C) groups is 1. The van der Waals surface area contributed by atoms with Crippen molar-refractivity contribution in [2.24, 2.45) is 4.99 Å². The second-order valence-corrected chi connectivity index (χ2v) is 5.08. The van der Waals surface area contributed by atoms with E-state index in [1.54, 1.807) is 17.2 Å². The number of nitrogens with zero attached hydrogens (tertiary/aromatic N) is 2. The number of hydrogen-bond donors (Lipinski definition) is 1. The van der Waals surface area contributed by atoms with Gasteiger partial charge in [0.05, 0.1) is 24.4 Å². The number of carbonyl (C=O) groups excluding carboxylic acids is 1. The van der Waals surface area contributed by atoms with Crippen LogP contribution in [0, 0.1) is 0 Å². The molecular weight excluding hydrogens is 268 g/mol. The number of ether oxygens (including phenoxy) is 1. The van der Waals surface area contributed by atoms with Gasteiger partial charge in [-0.1, -0.05) is 12.7 Å². The van der Waals surface area contributed by atoms with Crippen LogP contribution in [0.1, 0.15) is 23.7 Å². The highest BCUT2D eigenvalue weighted by Crippen LogP contribution is 2.39. The van der Waals surface area contributed by atoms with Gasteiger partial charge in [0.15, 0.2) is 11.5 Å². The molecule has 1 atom stereocenters. The molecule has 0 aromatic heterocycles. The molecule has 5 heteroatoms. The topological polar surface area (TPSA) is 62.1 Å². The summed E-state index contributed by atoms with van der Waals surface area (Å²) >= 11 is 0. The SMILES string of the molecule is C=CC1=C(C)N2C(=O)c3cc(OC)c(O)cc3N=CC2C1. The highest BCUT2D eigenvalue weighted by atomic mass is 16.5. The van der Waals surface area contributed by atoms with Crippen molar-refractivity contribution in [2.75, 3.05) is 7.11 Å². The maximum atomic E-state index is 12.8. The maximum Gasteiger partial charge on any atom is 0.260 e. The minimum absolute atomic E-state index is 0.0256. The van der Waals surface area contributed by atoms with Gasteiger partial charge in [-0.05, 0) is 18.6 Å². The van der Waals surface area contributed by atoms with Crippen molar-refractivity contribution in [1.29, 1.82) is 0 Å². The molecule has 0 saturated carbocycles. The largest absolute Gasteiger partial charge is 0.504 e. The fraction of sp³-hybridized carbons (Fsp3) is 0.250. The lowest BCUT2D eigenvalue weighted by Crippen LogP contribution is -2.35. The molecule has 2 aliphatic rings. The number of phenols is 1. The molecule has 21 heavy (non-hydrogen) atoms. The summed E-state index contributed by atoms with van der Waals surface area (Å²) in [6.07, 6.45) is 4.24. The van der Waals surface area contributed by atoms with Crippen LogP contribution in [0.2, 0.25) is 0 Å². The number of benzene rings is 1. The van der Waals surface area contributed by atoms with E-state index in [1.165, 1.54) is 19.2 Å². The molecule has 0 bridgehead atoms. The molecule has 0 radical (unpaired) electrons. The molecule has 2 heterocycles. The molecule has 1 aromatic carbocycles. The molecule has 108 valence electrons. The molecule has 2 aliphatic heterocycles. The third kappa shape index (κ3) is 1.93. The van der Waals surface area contributed by atoms with Gasteiger partial charge >= 0.3 is 0 Å². The van der Waals surface area contributed by atoms with E-state index >= 15 is 0 Å². The highest BCUT2D eigenvalue weighted by Gasteiger charge is 2.35. The van der Waals surface area contributed by atoms with E-state index in [1.807, 2.05) is 6.92 Å². The van der Waals surface area contributed by atoms with Crippen LogP contribution in [0.5, 0.6) is 11.5 Å². The van der Waals surface area contributed by atoms with Gasteiger partial charge in [-0.15, -0.1) is 0 Å². The van der Waals surface area contributed by atoms with Gasteiger partial charge in [0, 0.05) is 24.4 Å². The zero-order valence-corrected chi connectivity index (χ0v) is 12.0. The average molecular weight is 284 g/mol. The van der Waals surface area contributed by atoms with E-state index in [4.69, 9.17) is 4.74 Å². The molecule has 5 nitrogen and oxygen atoms in total. The predicted molar refractivity (Wildman–Crippen MR) is 80.3 cm³/mol. The van der Waals surface area contributed by atoms with E-state index in [9.17, 15) is 9.90 Å². The molecule has 0 aliphatic carbocycles. The van der Waals surface area contributed by atoms with Crippen molar-refractivity contribution in [3.63, 3.8) is 0 Å². The molecule has 1 aromatic rings. The Hall–Kier alpha value is -2.56. The molecule has 1 amide bonds. The number of allylic oxidation sites excluding steroid dienone is 2. The molecule has 3 rings (SSSR count). The first-order valence-corrected chi connectivity index (χ1v) is 6.67. The Morgan fingerprint density at radius 2 is 2.29 bits per heavy atom. The van der Waals surface area contributed by atoms with E-state index in [0.29, 0.717) is 17.7 Å². The Bertz CT molecular complexity index is 704. The van der Waals surface area contributed by atoms with Crippen molar-refractivity contribution in [3.05, 3.63) is 41.6 Å². The summed E-state index contributed by atoms with van der Waals surface area (Å²) in [6, 6.07) is 2.88. The zero-order chi connectivity index (χ0) is 15.1. The van der Waals surface area contributed by atoms with Crippen LogP contribution in [0.15, 0.2) is 41.1 Å². The van der Waals surface area contributed by atoms with Gasteiger partial charge in [0.25, 0.3) is 5.91 Å². The van der Waals surface area contributed by atoms with Gasteiger partial charge in [0.2, 0.25) is 0 Å². The standard InChI is InChI=1S/C16H16N2O3/c1-4-10-5-11-8-17-13-7-14(19)15(21-3)6-12(13)16(20)18(11)9(10)2/h4,6-8,11,19H,1,5H2,2-3H3. The number of phenolic OH excluding ortho intramolecular Hbond substituents is 1. The molecule has 0 spiro atoms. The number of methoxy groups -OCH3 is 1. The molecule has 1 N–H and O–H groups in total. The average Bonchev–Trinajstić information content (AvgIpc) is 2.73. The van der Waals surface area contributed by atoms with Crippen LogP contribution in [0.3, 0.4) is 0 Å². The summed E-state index contributed by atoms with van der Waals surface area (Å²) in [6.45, 7) is 5.70. The first-order chi connectivity index (χ1) is 10.1. The number of amides is 1. The Balaban J connectivity index is 2.14. The quantitative estimate of drug-likeness (QED) is 0.908. The lowest BCUT2D eigenvalue weighted by molar-refractivity contribution is 0.0802. The van der Waals surface area contributed by atoms with Crippen molar-refractivity contribution in [3.8, 4) is 11.5 Å². The second-order valence-electron chi connectivity index (χ2n) is 5.08. The van der Waals surface area contributed by atoms with Crippen molar-refractivity contribution >= 4 is 17.8 Å². The van der Waals surface area contributed by atoms with Crippen LogP contribution >= 0.6 is 0 Å². The molecular formula is C16H16N2O3. The van der Waals surface area contributed by atoms with Crippen molar-refractivity contribution < 1.29 is 14.6 Å². The van der Waals surface area contributed by atoms with E-state index in [2.05, 4.69) is 11.6 Å². The van der Waals surface area contributed by atoms with Gasteiger partial charge < -0.3 is 14.7 Å². The number of aromatic hydroxyl groups is 1. The third-order valence-electron chi connectivity index (χ3n) is 3.97. The van der Waals surface area contributed by atoms with E-state index in [-0.39, 0.29) is 23.4 Å². The summed E-state index contributed by atoms with van der Waals surface area (Å²) in [5.74, 6) is 0.1000.